The van der Waals surface area contributed by atoms with Gasteiger partial charge >= 0.3 is 18.2 Å². The molecule has 5 rings (SSSR count). The second kappa shape index (κ2) is 11.4. The smallest absolute Gasteiger partial charge is 0.416 e. The number of hydrogen-bond donors (Lipinski definition) is 3. The molecule has 2 aliphatic rings. The van der Waals surface area contributed by atoms with Crippen LogP contribution in [-0.2, 0) is 6.18 Å². The van der Waals surface area contributed by atoms with Crippen LogP contribution < -0.4 is 19.9 Å². The van der Waals surface area contributed by atoms with E-state index in [2.05, 4.69) is 20.3 Å². The molecule has 0 saturated carbocycles. The zero-order valence-corrected chi connectivity index (χ0v) is 21.7. The molecule has 1 saturated heterocycles. The Morgan fingerprint density at radius 2 is 2.05 bits per heavy atom. The summed E-state index contributed by atoms with van der Waals surface area (Å²) in [6, 6.07) is 6.86. The molecule has 208 valence electrons. The Bertz CT molecular complexity index is 1370. The van der Waals surface area contributed by atoms with Crippen LogP contribution in [-0.4, -0.2) is 69.6 Å². The second-order valence-electron chi connectivity index (χ2n) is 8.80. The number of anilines is 3. The first-order chi connectivity index (χ1) is 18.1. The van der Waals surface area contributed by atoms with E-state index in [0.29, 0.717) is 25.2 Å². The number of halogens is 5. The summed E-state index contributed by atoms with van der Waals surface area (Å²) in [5.74, 6) is 0.386. The van der Waals surface area contributed by atoms with Crippen LogP contribution in [0.25, 0.3) is 11.3 Å². The van der Waals surface area contributed by atoms with E-state index in [9.17, 15) is 23.1 Å². The number of aliphatic hydroxyl groups is 2. The van der Waals surface area contributed by atoms with Crippen molar-refractivity contribution in [2.24, 2.45) is 0 Å². The third-order valence-corrected chi connectivity index (χ3v) is 6.49. The molecule has 2 aliphatic heterocycles. The van der Waals surface area contributed by atoms with Crippen LogP contribution in [0, 0.1) is 0 Å². The maximum Gasteiger partial charge on any atom is 0.416 e. The molecule has 2 amide bonds. The quantitative estimate of drug-likeness (QED) is 0.396. The van der Waals surface area contributed by atoms with Gasteiger partial charge < -0.3 is 19.8 Å². The number of hydrogen-bond acceptors (Lipinski definition) is 8. The van der Waals surface area contributed by atoms with E-state index in [1.54, 1.807) is 6.07 Å². The molecule has 0 unspecified atom stereocenters. The summed E-state index contributed by atoms with van der Waals surface area (Å²) in [6.45, 7) is 0.455. The summed E-state index contributed by atoms with van der Waals surface area (Å²) in [4.78, 5) is 29.5. The molecule has 2 bridgehead atoms. The first-order valence-electron chi connectivity index (χ1n) is 11.6. The number of amides is 2. The number of rotatable bonds is 6. The molecule has 15 heteroatoms. The number of nitrogens with one attached hydrogen (secondary N) is 1. The average molecular weight is 587 g/mol. The summed E-state index contributed by atoms with van der Waals surface area (Å²) >= 11 is 6.48. The Morgan fingerprint density at radius 3 is 2.79 bits per heavy atom. The van der Waals surface area contributed by atoms with E-state index in [4.69, 9.17) is 21.4 Å². The molecule has 3 N–H and O–H groups in total. The first-order valence-corrected chi connectivity index (χ1v) is 12.0. The van der Waals surface area contributed by atoms with Gasteiger partial charge in [0.25, 0.3) is 0 Å². The molecule has 0 radical (unpaired) electrons. The summed E-state index contributed by atoms with van der Waals surface area (Å²) in [5, 5.41) is 21.2. The van der Waals surface area contributed by atoms with Gasteiger partial charge in [0, 0.05) is 24.8 Å². The zero-order valence-electron chi connectivity index (χ0n) is 20.1. The second-order valence-corrected chi connectivity index (χ2v) is 9.21. The predicted octanol–water partition coefficient (Wildman–Crippen LogP) is 4.00. The molecule has 1 aromatic carbocycles. The standard InChI is InChI=1S/C24H22ClF3N6O4.ClH/c25-17-9-18-21(32-20(17)13-2-1-3-14(8-13)24(26,27)28)34(15-5-7-33(18)10-15)23(37)31-19-4-6-29-22(30-19)38-12-16(36)11-35;/h1-4,6,8-9,15-16,35-36H,5,7,10-12H2,(H,29,30,31,37);1H/t15-,16-;/m0./s1. The van der Waals surface area contributed by atoms with E-state index in [1.165, 1.54) is 29.3 Å². The number of ether oxygens (including phenoxy) is 1. The Kier molecular flexibility index (Phi) is 8.35. The summed E-state index contributed by atoms with van der Waals surface area (Å²) in [7, 11) is 0. The monoisotopic (exact) mass is 586 g/mol. The molecule has 2 atom stereocenters. The lowest BCUT2D eigenvalue weighted by Gasteiger charge is -2.36. The number of urea groups is 1. The fourth-order valence-electron chi connectivity index (χ4n) is 4.40. The fourth-order valence-corrected chi connectivity index (χ4v) is 4.66. The van der Waals surface area contributed by atoms with Gasteiger partial charge in [-0.1, -0.05) is 23.7 Å². The van der Waals surface area contributed by atoms with Crippen LogP contribution in [0.5, 0.6) is 6.01 Å². The van der Waals surface area contributed by atoms with E-state index in [1.807, 2.05) is 4.90 Å². The van der Waals surface area contributed by atoms with Crippen molar-refractivity contribution < 1.29 is 32.9 Å². The van der Waals surface area contributed by atoms with E-state index >= 15 is 0 Å². The average Bonchev–Trinajstić information content (AvgIpc) is 3.31. The number of nitrogens with zero attached hydrogens (tertiary/aromatic N) is 5. The molecule has 39 heavy (non-hydrogen) atoms. The Balaban J connectivity index is 0.00000353. The van der Waals surface area contributed by atoms with Gasteiger partial charge in [-0.25, -0.2) is 14.8 Å². The van der Waals surface area contributed by atoms with Crippen LogP contribution in [0.1, 0.15) is 12.0 Å². The van der Waals surface area contributed by atoms with Gasteiger partial charge in [-0.2, -0.15) is 18.2 Å². The number of benzene rings is 1. The number of aromatic nitrogens is 3. The molecular weight excluding hydrogens is 564 g/mol. The fraction of sp³-hybridized carbons (Fsp3) is 0.333. The SMILES string of the molecule is Cl.O=C(Nc1ccnc(OC[C@@H](O)CO)n1)N1c2nc(-c3cccc(C(F)(F)F)c3)c(Cl)cc2N2CC[C@H]1C2. The normalized spacial score (nSPS) is 16.8. The van der Waals surface area contributed by atoms with Crippen LogP contribution in [0.2, 0.25) is 5.02 Å². The molecule has 1 fully saturated rings. The molecule has 4 heterocycles. The van der Waals surface area contributed by atoms with Crippen molar-refractivity contribution in [3.63, 3.8) is 0 Å². The minimum Gasteiger partial charge on any atom is -0.461 e. The van der Waals surface area contributed by atoms with Crippen molar-refractivity contribution >= 4 is 47.4 Å². The van der Waals surface area contributed by atoms with Gasteiger partial charge in [-0.3, -0.25) is 10.2 Å². The summed E-state index contributed by atoms with van der Waals surface area (Å²) in [5.41, 5.74) is 0.0529. The van der Waals surface area contributed by atoms with Gasteiger partial charge in [-0.05, 0) is 30.7 Å². The highest BCUT2D eigenvalue weighted by Crippen LogP contribution is 2.43. The van der Waals surface area contributed by atoms with Gasteiger partial charge in [-0.15, -0.1) is 12.4 Å². The van der Waals surface area contributed by atoms with E-state index in [-0.39, 0.29) is 59.0 Å². The van der Waals surface area contributed by atoms with Crippen molar-refractivity contribution in [3.8, 4) is 17.3 Å². The topological polar surface area (TPSA) is 124 Å². The third-order valence-electron chi connectivity index (χ3n) is 6.20. The predicted molar refractivity (Wildman–Crippen MR) is 140 cm³/mol. The van der Waals surface area contributed by atoms with Crippen molar-refractivity contribution in [1.82, 2.24) is 15.0 Å². The third kappa shape index (κ3) is 5.96. The number of alkyl halides is 3. The molecule has 2 aromatic heterocycles. The van der Waals surface area contributed by atoms with Crippen LogP contribution >= 0.6 is 24.0 Å². The number of pyridine rings is 1. The molecule has 0 aliphatic carbocycles. The highest BCUT2D eigenvalue weighted by molar-refractivity contribution is 6.33. The Labute approximate surface area is 231 Å². The Morgan fingerprint density at radius 1 is 1.26 bits per heavy atom. The Hall–Kier alpha value is -3.39. The van der Waals surface area contributed by atoms with Gasteiger partial charge in [0.15, 0.2) is 5.82 Å². The lowest BCUT2D eigenvalue weighted by atomic mass is 10.1. The largest absolute Gasteiger partial charge is 0.461 e. The molecule has 10 nitrogen and oxygen atoms in total. The summed E-state index contributed by atoms with van der Waals surface area (Å²) < 4.78 is 45.2. The number of aliphatic hydroxyl groups excluding tert-OH is 2. The van der Waals surface area contributed by atoms with Gasteiger partial charge in [0.2, 0.25) is 0 Å². The van der Waals surface area contributed by atoms with Gasteiger partial charge in [0.1, 0.15) is 18.5 Å². The molecule has 0 spiro atoms. The first kappa shape index (κ1) is 28.6. The minimum absolute atomic E-state index is 0. The molecule has 3 aromatic rings. The van der Waals surface area contributed by atoms with E-state index in [0.717, 1.165) is 12.1 Å². The zero-order chi connectivity index (χ0) is 27.0. The number of carbonyl (C=O) groups excluding carboxylic acids is 1. The lowest BCUT2D eigenvalue weighted by Crippen LogP contribution is -2.48. The van der Waals surface area contributed by atoms with Crippen molar-refractivity contribution in [3.05, 3.63) is 53.2 Å². The van der Waals surface area contributed by atoms with Crippen molar-refractivity contribution in [1.29, 1.82) is 0 Å². The maximum absolute atomic E-state index is 13.5. The summed E-state index contributed by atoms with van der Waals surface area (Å²) in [6.07, 6.45) is -3.65. The van der Waals surface area contributed by atoms with Crippen LogP contribution in [0.3, 0.4) is 0 Å². The maximum atomic E-state index is 13.5. The van der Waals surface area contributed by atoms with Crippen molar-refractivity contribution in [2.45, 2.75) is 24.7 Å². The minimum atomic E-state index is -4.54. The van der Waals surface area contributed by atoms with E-state index < -0.39 is 30.5 Å². The van der Waals surface area contributed by atoms with Crippen LogP contribution in [0.4, 0.5) is 35.3 Å². The lowest BCUT2D eigenvalue weighted by molar-refractivity contribution is -0.137. The number of carbonyl (C=O) groups is 1. The van der Waals surface area contributed by atoms with Crippen molar-refractivity contribution in [2.75, 3.05) is 41.4 Å². The molecular formula is C24H23Cl2F3N6O4. The highest BCUT2D eigenvalue weighted by atomic mass is 35.5. The van der Waals surface area contributed by atoms with Crippen LogP contribution in [0.15, 0.2) is 42.6 Å². The van der Waals surface area contributed by atoms with Gasteiger partial charge in [0.05, 0.1) is 34.6 Å². The highest BCUT2D eigenvalue weighted by Gasteiger charge is 2.41. The number of fused-ring (bicyclic) bond motifs is 4.